The molecule has 0 aliphatic heterocycles. The second-order valence-corrected chi connectivity index (χ2v) is 3.08. The van der Waals surface area contributed by atoms with Crippen LogP contribution >= 0.6 is 11.6 Å². The van der Waals surface area contributed by atoms with E-state index in [-0.39, 0.29) is 11.4 Å². The summed E-state index contributed by atoms with van der Waals surface area (Å²) in [6, 6.07) is -0.0968. The summed E-state index contributed by atoms with van der Waals surface area (Å²) in [5.74, 6) is 0. The minimum absolute atomic E-state index is 0.00347. The predicted octanol–water partition coefficient (Wildman–Crippen LogP) is 2.01. The van der Waals surface area contributed by atoms with Gasteiger partial charge in [0.15, 0.2) is 0 Å². The van der Waals surface area contributed by atoms with Gasteiger partial charge in [-0.3, -0.25) is 0 Å². The van der Waals surface area contributed by atoms with E-state index in [9.17, 15) is 4.48 Å². The van der Waals surface area contributed by atoms with E-state index < -0.39 is 0 Å². The van der Waals surface area contributed by atoms with E-state index in [2.05, 4.69) is 0 Å². The molecule has 0 aromatic heterocycles. The average molecular weight is 152 g/mol. The summed E-state index contributed by atoms with van der Waals surface area (Å²) in [6.45, 7) is 0. The van der Waals surface area contributed by atoms with Crippen LogP contribution in [0.4, 0.5) is 4.48 Å². The molecular formula is C6H11ClFN. The molecule has 0 spiro atoms. The Bertz CT molecular complexity index is 89.1. The second-order valence-electron chi connectivity index (χ2n) is 2.52. The van der Waals surface area contributed by atoms with Crippen LogP contribution in [0.5, 0.6) is 0 Å². The molecule has 0 aromatic carbocycles. The minimum Gasteiger partial charge on any atom is -0.155 e. The van der Waals surface area contributed by atoms with Crippen LogP contribution in [0.25, 0.3) is 0 Å². The van der Waals surface area contributed by atoms with E-state index in [0.29, 0.717) is 0 Å². The smallest absolute Gasteiger partial charge is 0.0535 e. The summed E-state index contributed by atoms with van der Waals surface area (Å²) in [5, 5.41) is 0.00347. The van der Waals surface area contributed by atoms with Gasteiger partial charge >= 0.3 is 0 Å². The average Bonchev–Trinajstić information content (AvgIpc) is 1.89. The van der Waals surface area contributed by atoms with Crippen LogP contribution in [-0.4, -0.2) is 11.4 Å². The summed E-state index contributed by atoms with van der Waals surface area (Å²) >= 11 is 5.78. The summed E-state index contributed by atoms with van der Waals surface area (Å²) in [7, 11) is 0. The van der Waals surface area contributed by atoms with Crippen molar-refractivity contribution in [2.45, 2.75) is 37.1 Å². The third-order valence-corrected chi connectivity index (χ3v) is 2.34. The summed E-state index contributed by atoms with van der Waals surface area (Å²) in [5.41, 5.74) is 1.72. The van der Waals surface area contributed by atoms with E-state index in [1.54, 1.807) is 5.54 Å². The zero-order chi connectivity index (χ0) is 6.69. The highest BCUT2D eigenvalue weighted by Crippen LogP contribution is 2.22. The summed E-state index contributed by atoms with van der Waals surface area (Å²) in [6.07, 6.45) is 4.07. The molecule has 0 bridgehead atoms. The highest BCUT2D eigenvalue weighted by Gasteiger charge is 2.22. The Balaban J connectivity index is 2.30. The predicted molar refractivity (Wildman–Crippen MR) is 36.1 cm³/mol. The van der Waals surface area contributed by atoms with Gasteiger partial charge in [-0.05, 0) is 12.8 Å². The van der Waals surface area contributed by atoms with Crippen LogP contribution in [0.1, 0.15) is 25.7 Å². The highest BCUT2D eigenvalue weighted by atomic mass is 35.5. The van der Waals surface area contributed by atoms with Gasteiger partial charge in [0, 0.05) is 0 Å². The summed E-state index contributed by atoms with van der Waals surface area (Å²) in [4.78, 5) is 0. The largest absolute Gasteiger partial charge is 0.155 e. The van der Waals surface area contributed by atoms with E-state index in [4.69, 9.17) is 11.6 Å². The number of nitrogens with one attached hydrogen (secondary N) is 1. The fourth-order valence-electron chi connectivity index (χ4n) is 1.21. The number of hydrogen-bond acceptors (Lipinski definition) is 1. The van der Waals surface area contributed by atoms with Crippen molar-refractivity contribution in [1.29, 1.82) is 0 Å². The number of rotatable bonds is 1. The van der Waals surface area contributed by atoms with Crippen LogP contribution < -0.4 is 5.54 Å². The molecule has 1 fully saturated rings. The van der Waals surface area contributed by atoms with E-state index in [1.807, 2.05) is 0 Å². The minimum atomic E-state index is -0.0968. The molecule has 0 saturated heterocycles. The fourth-order valence-corrected chi connectivity index (χ4v) is 1.54. The fraction of sp³-hybridized carbons (Fsp3) is 1.00. The van der Waals surface area contributed by atoms with Crippen molar-refractivity contribution in [1.82, 2.24) is 5.54 Å². The molecule has 1 rings (SSSR count). The van der Waals surface area contributed by atoms with Crippen molar-refractivity contribution in [3.63, 3.8) is 0 Å². The van der Waals surface area contributed by atoms with Crippen LogP contribution in [0.15, 0.2) is 0 Å². The maximum atomic E-state index is 11.8. The quantitative estimate of drug-likeness (QED) is 0.447. The normalized spacial score (nSPS) is 36.7. The first-order valence-corrected chi connectivity index (χ1v) is 3.78. The van der Waals surface area contributed by atoms with Crippen molar-refractivity contribution in [3.05, 3.63) is 0 Å². The number of hydrogen-bond donors (Lipinski definition) is 1. The molecule has 54 valence electrons. The topological polar surface area (TPSA) is 12.0 Å². The second kappa shape index (κ2) is 3.37. The standard InChI is InChI=1S/C6H11ClFN/c7-5-3-1-2-4-6(5)9-8/h5-6,9H,1-4H2. The lowest BCUT2D eigenvalue weighted by atomic mass is 9.96. The lowest BCUT2D eigenvalue weighted by Gasteiger charge is -2.23. The molecule has 1 saturated carbocycles. The van der Waals surface area contributed by atoms with Gasteiger partial charge in [-0.25, -0.2) is 0 Å². The maximum absolute atomic E-state index is 11.8. The first kappa shape index (κ1) is 7.29. The third-order valence-electron chi connectivity index (χ3n) is 1.82. The van der Waals surface area contributed by atoms with Gasteiger partial charge in [-0.2, -0.15) is 5.54 Å². The molecular weight excluding hydrogens is 141 g/mol. The number of alkyl halides is 1. The first-order chi connectivity index (χ1) is 4.34. The van der Waals surface area contributed by atoms with Gasteiger partial charge in [-0.1, -0.05) is 12.8 Å². The molecule has 2 unspecified atom stereocenters. The molecule has 0 amide bonds. The number of halogens is 2. The van der Waals surface area contributed by atoms with Crippen LogP contribution in [0, 0.1) is 0 Å². The lowest BCUT2D eigenvalue weighted by Crippen LogP contribution is -2.34. The molecule has 0 aromatic rings. The van der Waals surface area contributed by atoms with Gasteiger partial charge in [-0.15, -0.1) is 16.1 Å². The van der Waals surface area contributed by atoms with Crippen molar-refractivity contribution in [2.24, 2.45) is 0 Å². The molecule has 1 nitrogen and oxygen atoms in total. The SMILES string of the molecule is FNC1CCCCC1Cl. The molecule has 0 heterocycles. The molecule has 0 radical (unpaired) electrons. The van der Waals surface area contributed by atoms with Crippen molar-refractivity contribution in [3.8, 4) is 0 Å². The first-order valence-electron chi connectivity index (χ1n) is 3.35. The van der Waals surface area contributed by atoms with Gasteiger partial charge < -0.3 is 0 Å². The lowest BCUT2D eigenvalue weighted by molar-refractivity contribution is 0.229. The third kappa shape index (κ3) is 1.80. The van der Waals surface area contributed by atoms with E-state index >= 15 is 0 Å². The Kier molecular flexibility index (Phi) is 2.73. The monoisotopic (exact) mass is 151 g/mol. The Morgan fingerprint density at radius 1 is 1.33 bits per heavy atom. The molecule has 1 aliphatic carbocycles. The van der Waals surface area contributed by atoms with Gasteiger partial charge in [0.2, 0.25) is 0 Å². The molecule has 1 N–H and O–H groups in total. The Morgan fingerprint density at radius 2 is 2.00 bits per heavy atom. The molecule has 1 aliphatic rings. The molecule has 9 heavy (non-hydrogen) atoms. The van der Waals surface area contributed by atoms with E-state index in [1.165, 1.54) is 0 Å². The zero-order valence-corrected chi connectivity index (χ0v) is 5.99. The molecule has 2 atom stereocenters. The van der Waals surface area contributed by atoms with Crippen LogP contribution in [0.2, 0.25) is 0 Å². The molecule has 3 heteroatoms. The van der Waals surface area contributed by atoms with Crippen molar-refractivity contribution >= 4 is 11.6 Å². The zero-order valence-electron chi connectivity index (χ0n) is 5.24. The van der Waals surface area contributed by atoms with E-state index in [0.717, 1.165) is 25.7 Å². The van der Waals surface area contributed by atoms with Gasteiger partial charge in [0.1, 0.15) is 0 Å². The van der Waals surface area contributed by atoms with Crippen molar-refractivity contribution in [2.75, 3.05) is 0 Å². The Hall–Kier alpha value is 0.180. The Labute approximate surface area is 59.5 Å². The van der Waals surface area contributed by atoms with Gasteiger partial charge in [0.05, 0.1) is 11.4 Å². The van der Waals surface area contributed by atoms with Crippen molar-refractivity contribution < 1.29 is 4.48 Å². The Morgan fingerprint density at radius 3 is 2.44 bits per heavy atom. The van der Waals surface area contributed by atoms with Gasteiger partial charge in [0.25, 0.3) is 0 Å². The maximum Gasteiger partial charge on any atom is 0.0535 e. The highest BCUT2D eigenvalue weighted by molar-refractivity contribution is 6.21. The van der Waals surface area contributed by atoms with Crippen LogP contribution in [0.3, 0.4) is 0 Å². The summed E-state index contributed by atoms with van der Waals surface area (Å²) < 4.78 is 11.8. The van der Waals surface area contributed by atoms with Crippen LogP contribution in [-0.2, 0) is 0 Å².